The fourth-order valence-electron chi connectivity index (χ4n) is 6.48. The highest BCUT2D eigenvalue weighted by molar-refractivity contribution is 5.95. The number of benzene rings is 2. The largest absolute Gasteiger partial charge is 0.480 e. The van der Waals surface area contributed by atoms with Gasteiger partial charge in [-0.3, -0.25) is 28.4 Å². The van der Waals surface area contributed by atoms with Crippen LogP contribution in [0.1, 0.15) is 75.8 Å². The second-order valence-electron chi connectivity index (χ2n) is 13.8. The van der Waals surface area contributed by atoms with Crippen LogP contribution in [0.2, 0.25) is 0 Å². The lowest BCUT2D eigenvalue weighted by Crippen LogP contribution is -2.63. The van der Waals surface area contributed by atoms with Crippen molar-refractivity contribution < 1.29 is 33.5 Å². The molecule has 0 saturated carbocycles. The molecule has 0 radical (unpaired) electrons. The monoisotopic (exact) mass is 725 g/mol. The van der Waals surface area contributed by atoms with E-state index in [0.717, 1.165) is 11.1 Å². The normalized spacial score (nSPS) is 19.5. The van der Waals surface area contributed by atoms with Gasteiger partial charge < -0.3 is 43.2 Å². The number of likely N-dealkylation sites (tertiary alicyclic amines) is 1. The first-order chi connectivity index (χ1) is 24.9. The van der Waals surface area contributed by atoms with Gasteiger partial charge in [0.05, 0.1) is 12.7 Å². The van der Waals surface area contributed by atoms with Crippen LogP contribution < -0.4 is 33.2 Å². The zero-order valence-electron chi connectivity index (χ0n) is 30.1. The molecule has 1 heterocycles. The van der Waals surface area contributed by atoms with E-state index in [9.17, 15) is 33.5 Å². The van der Waals surface area contributed by atoms with E-state index in [1.807, 2.05) is 60.7 Å². The lowest BCUT2D eigenvalue weighted by Gasteiger charge is -2.42. The molecule has 1 aliphatic rings. The number of unbranched alkanes of at least 4 members (excludes halogenated alkanes) is 3. The van der Waals surface area contributed by atoms with Crippen LogP contribution in [0.5, 0.6) is 0 Å². The van der Waals surface area contributed by atoms with Crippen molar-refractivity contribution in [2.75, 3.05) is 19.8 Å². The summed E-state index contributed by atoms with van der Waals surface area (Å²) in [5, 5.41) is 18.1. The number of rotatable bonds is 21. The molecule has 10 N–H and O–H groups in total. The molecule has 13 nitrogen and oxygen atoms in total. The number of nitrogens with one attached hydrogen (secondary N) is 3. The van der Waals surface area contributed by atoms with Gasteiger partial charge in [0.1, 0.15) is 23.7 Å². The molecule has 2 aromatic carbocycles. The van der Waals surface area contributed by atoms with Crippen LogP contribution in [-0.2, 0) is 36.8 Å². The zero-order chi connectivity index (χ0) is 38.1. The minimum absolute atomic E-state index is 0.0499. The molecule has 6 atom stereocenters. The lowest BCUT2D eigenvalue weighted by molar-refractivity contribution is -0.150. The van der Waals surface area contributed by atoms with Gasteiger partial charge in [-0.1, -0.05) is 73.5 Å². The van der Waals surface area contributed by atoms with Gasteiger partial charge in [0, 0.05) is 19.0 Å². The molecule has 1 fully saturated rings. The number of halogens is 1. The predicted molar refractivity (Wildman–Crippen MR) is 196 cm³/mol. The van der Waals surface area contributed by atoms with Gasteiger partial charge in [-0.05, 0) is 76.0 Å². The molecule has 14 heteroatoms. The minimum atomic E-state index is -1.46. The number of carboxylic acids is 1. The molecular formula is C38H56FN7O6. The smallest absolute Gasteiger partial charge is 0.323 e. The molecular weight excluding hydrogens is 669 g/mol. The summed E-state index contributed by atoms with van der Waals surface area (Å²) >= 11 is 0. The maximum Gasteiger partial charge on any atom is 0.323 e. The predicted octanol–water partition coefficient (Wildman–Crippen LogP) is 1.71. The van der Waals surface area contributed by atoms with E-state index in [4.69, 9.17) is 17.2 Å². The average Bonchev–Trinajstić information content (AvgIpc) is 3.12. The van der Waals surface area contributed by atoms with Crippen LogP contribution >= 0.6 is 0 Å². The van der Waals surface area contributed by atoms with E-state index in [1.54, 1.807) is 11.8 Å². The Hall–Kier alpha value is -4.40. The summed E-state index contributed by atoms with van der Waals surface area (Å²) in [6, 6.07) is 13.8. The van der Waals surface area contributed by atoms with E-state index in [0.29, 0.717) is 38.6 Å². The summed E-state index contributed by atoms with van der Waals surface area (Å²) in [5.41, 5.74) is 18.2. The van der Waals surface area contributed by atoms with Crippen LogP contribution in [0, 0.1) is 0 Å². The van der Waals surface area contributed by atoms with Crippen LogP contribution in [0.15, 0.2) is 60.7 Å². The number of alkyl halides is 1. The van der Waals surface area contributed by atoms with Gasteiger partial charge >= 0.3 is 5.97 Å². The molecule has 3 rings (SSSR count). The summed E-state index contributed by atoms with van der Waals surface area (Å²) in [7, 11) is 0. The highest BCUT2D eigenvalue weighted by Gasteiger charge is 2.43. The fraction of sp³-hybridized carbons (Fsp3) is 0.553. The number of amides is 4. The van der Waals surface area contributed by atoms with Crippen molar-refractivity contribution >= 4 is 29.6 Å². The Morgan fingerprint density at radius 1 is 0.808 bits per heavy atom. The third-order valence-corrected chi connectivity index (χ3v) is 9.57. The van der Waals surface area contributed by atoms with Crippen molar-refractivity contribution in [3.8, 4) is 0 Å². The van der Waals surface area contributed by atoms with E-state index in [1.165, 1.54) is 0 Å². The van der Waals surface area contributed by atoms with E-state index in [2.05, 4.69) is 16.0 Å². The molecule has 52 heavy (non-hydrogen) atoms. The number of carbonyl (C=O) groups is 5. The van der Waals surface area contributed by atoms with Crippen molar-refractivity contribution in [2.24, 2.45) is 17.2 Å². The van der Waals surface area contributed by atoms with Crippen LogP contribution in [-0.4, -0.2) is 95.1 Å². The Bertz CT molecular complexity index is 1450. The molecule has 0 aromatic heterocycles. The number of piperidine rings is 1. The number of hydrogen-bond donors (Lipinski definition) is 7. The maximum absolute atomic E-state index is 14.0. The lowest BCUT2D eigenvalue weighted by atomic mass is 9.84. The molecule has 2 aromatic rings. The highest BCUT2D eigenvalue weighted by Crippen LogP contribution is 2.26. The highest BCUT2D eigenvalue weighted by atomic mass is 19.1. The molecule has 1 aliphatic heterocycles. The zero-order valence-corrected chi connectivity index (χ0v) is 30.1. The third kappa shape index (κ3) is 13.0. The van der Waals surface area contributed by atoms with Crippen LogP contribution in [0.4, 0.5) is 4.39 Å². The summed E-state index contributed by atoms with van der Waals surface area (Å²) in [5.74, 6) is -3.26. The fourth-order valence-corrected chi connectivity index (χ4v) is 6.48. The minimum Gasteiger partial charge on any atom is -0.480 e. The number of nitrogens with two attached hydrogens (primary N) is 3. The number of hydrogen-bond acceptors (Lipinski definition) is 8. The number of carboxylic acid groups (broad SMARTS) is 1. The van der Waals surface area contributed by atoms with Crippen molar-refractivity contribution in [3.05, 3.63) is 71.8 Å². The van der Waals surface area contributed by atoms with Gasteiger partial charge in [0.15, 0.2) is 0 Å². The molecule has 1 saturated heterocycles. The number of carbonyl (C=O) groups excluding carboxylic acids is 4. The Kier molecular flexibility index (Phi) is 17.1. The summed E-state index contributed by atoms with van der Waals surface area (Å²) in [6.07, 6.45) is 3.24. The number of aliphatic carboxylic acids is 1. The molecule has 286 valence electrons. The van der Waals surface area contributed by atoms with Crippen molar-refractivity contribution in [1.29, 1.82) is 0 Å². The van der Waals surface area contributed by atoms with E-state index < -0.39 is 66.1 Å². The third-order valence-electron chi connectivity index (χ3n) is 9.57. The molecule has 3 unspecified atom stereocenters. The average molecular weight is 726 g/mol. The summed E-state index contributed by atoms with van der Waals surface area (Å²) < 4.78 is 12.9. The summed E-state index contributed by atoms with van der Waals surface area (Å²) in [6.45, 7) is 1.69. The SMILES string of the molecule is CC1CC(N)(C(=O)O)CCN1C(=O)[C@@H](CCCCN)NC(=O)C(CCCCCF)NC(=O)[C@@H](Cc1ccccc1)NC(=O)[C@H](N)Cc1ccccc1. The van der Waals surface area contributed by atoms with Gasteiger partial charge in [0.2, 0.25) is 23.6 Å². The van der Waals surface area contributed by atoms with Crippen molar-refractivity contribution in [2.45, 2.75) is 113 Å². The van der Waals surface area contributed by atoms with Crippen LogP contribution in [0.25, 0.3) is 0 Å². The summed E-state index contributed by atoms with van der Waals surface area (Å²) in [4.78, 5) is 68.4. The first-order valence-corrected chi connectivity index (χ1v) is 18.2. The Morgan fingerprint density at radius 2 is 1.35 bits per heavy atom. The molecule has 0 aliphatic carbocycles. The van der Waals surface area contributed by atoms with Gasteiger partial charge in [-0.2, -0.15) is 0 Å². The second-order valence-corrected chi connectivity index (χ2v) is 13.8. The van der Waals surface area contributed by atoms with Gasteiger partial charge in [-0.25, -0.2) is 0 Å². The Balaban J connectivity index is 1.81. The second kappa shape index (κ2) is 21.2. The van der Waals surface area contributed by atoms with Gasteiger partial charge in [0.25, 0.3) is 0 Å². The standard InChI is InChI=1S/C38H56FN7O6/c1-26-25-38(42,37(51)52)19-22-46(26)36(50)31(18-10-12-21-40)44-34(48)30(17-9-4-11-20-39)43-35(49)32(24-28-15-7-3-8-16-28)45-33(47)29(41)23-27-13-5-2-6-14-27/h2-3,5-8,13-16,26,29-32H,4,9-12,17-25,40-42H2,1H3,(H,43,49)(H,44,48)(H,45,47)(H,51,52)/t26?,29-,30?,31-,32-,38?/m1/s1. The first kappa shape index (κ1) is 42.0. The Labute approximate surface area is 305 Å². The molecule has 0 bridgehead atoms. The molecule has 4 amide bonds. The first-order valence-electron chi connectivity index (χ1n) is 18.2. The topological polar surface area (TPSA) is 223 Å². The van der Waals surface area contributed by atoms with Crippen molar-refractivity contribution in [1.82, 2.24) is 20.9 Å². The van der Waals surface area contributed by atoms with Crippen molar-refractivity contribution in [3.63, 3.8) is 0 Å². The maximum atomic E-state index is 14.0. The van der Waals surface area contributed by atoms with E-state index >= 15 is 0 Å². The van der Waals surface area contributed by atoms with Crippen LogP contribution in [0.3, 0.4) is 0 Å². The van der Waals surface area contributed by atoms with E-state index in [-0.39, 0.29) is 51.0 Å². The number of nitrogens with zero attached hydrogens (tertiary/aromatic N) is 1. The van der Waals surface area contributed by atoms with Gasteiger partial charge in [-0.15, -0.1) is 0 Å². The quantitative estimate of drug-likeness (QED) is 0.0930. The Morgan fingerprint density at radius 3 is 1.92 bits per heavy atom. The molecule has 0 spiro atoms.